The largest absolute Gasteiger partial charge is 0.330 e. The van der Waals surface area contributed by atoms with Crippen molar-refractivity contribution < 1.29 is 0 Å². The van der Waals surface area contributed by atoms with Gasteiger partial charge in [-0.1, -0.05) is 13.0 Å². The van der Waals surface area contributed by atoms with Crippen LogP contribution in [0.15, 0.2) is 30.6 Å². The van der Waals surface area contributed by atoms with E-state index in [2.05, 4.69) is 18.1 Å². The van der Waals surface area contributed by atoms with Crippen LogP contribution in [0.25, 0.3) is 5.52 Å². The number of hydrogen-bond acceptors (Lipinski definition) is 2. The van der Waals surface area contributed by atoms with E-state index in [0.29, 0.717) is 5.92 Å². The van der Waals surface area contributed by atoms with E-state index in [4.69, 9.17) is 5.73 Å². The van der Waals surface area contributed by atoms with Gasteiger partial charge in [-0.05, 0) is 36.6 Å². The maximum absolute atomic E-state index is 5.61. The molecule has 2 heterocycles. The van der Waals surface area contributed by atoms with Crippen LogP contribution in [0, 0.1) is 5.92 Å². The van der Waals surface area contributed by atoms with E-state index < -0.39 is 0 Å². The molecule has 0 spiro atoms. The molecule has 0 saturated heterocycles. The van der Waals surface area contributed by atoms with Gasteiger partial charge in [0, 0.05) is 6.20 Å². The maximum Gasteiger partial charge on any atom is 0.0693 e. The molecule has 0 radical (unpaired) electrons. The smallest absolute Gasteiger partial charge is 0.0693 e. The Hall–Kier alpha value is -1.35. The Kier molecular flexibility index (Phi) is 2.50. The van der Waals surface area contributed by atoms with Gasteiger partial charge >= 0.3 is 0 Å². The number of aromatic nitrogens is 2. The highest BCUT2D eigenvalue weighted by Gasteiger charge is 2.06. The molecule has 0 bridgehead atoms. The van der Waals surface area contributed by atoms with Gasteiger partial charge in [-0.25, -0.2) is 4.52 Å². The van der Waals surface area contributed by atoms with Crippen molar-refractivity contribution in [3.8, 4) is 0 Å². The van der Waals surface area contributed by atoms with Crippen LogP contribution in [-0.2, 0) is 6.42 Å². The van der Waals surface area contributed by atoms with Crippen LogP contribution in [0.1, 0.15) is 12.5 Å². The summed E-state index contributed by atoms with van der Waals surface area (Å²) in [6, 6.07) is 6.11. The van der Waals surface area contributed by atoms with E-state index in [0.717, 1.165) is 13.0 Å². The molecular weight excluding hydrogens is 174 g/mol. The summed E-state index contributed by atoms with van der Waals surface area (Å²) in [6.07, 6.45) is 4.90. The highest BCUT2D eigenvalue weighted by molar-refractivity contribution is 5.53. The Labute approximate surface area is 83.5 Å². The second kappa shape index (κ2) is 3.80. The van der Waals surface area contributed by atoms with Gasteiger partial charge < -0.3 is 5.73 Å². The molecular formula is C11H15N3. The SMILES string of the molecule is CC(CN)Cc1cnn2ccccc12. The van der Waals surface area contributed by atoms with E-state index in [1.807, 2.05) is 29.0 Å². The highest BCUT2D eigenvalue weighted by Crippen LogP contribution is 2.13. The molecule has 2 N–H and O–H groups in total. The first-order valence-corrected chi connectivity index (χ1v) is 4.92. The Morgan fingerprint density at radius 1 is 1.50 bits per heavy atom. The van der Waals surface area contributed by atoms with Gasteiger partial charge in [-0.15, -0.1) is 0 Å². The van der Waals surface area contributed by atoms with Crippen LogP contribution >= 0.6 is 0 Å². The van der Waals surface area contributed by atoms with Crippen molar-refractivity contribution in [1.82, 2.24) is 9.61 Å². The van der Waals surface area contributed by atoms with Crippen LogP contribution in [-0.4, -0.2) is 16.2 Å². The van der Waals surface area contributed by atoms with Gasteiger partial charge in [0.25, 0.3) is 0 Å². The molecule has 3 nitrogen and oxygen atoms in total. The number of nitrogens with zero attached hydrogens (tertiary/aromatic N) is 2. The van der Waals surface area contributed by atoms with E-state index in [-0.39, 0.29) is 0 Å². The third kappa shape index (κ3) is 1.63. The first-order valence-electron chi connectivity index (χ1n) is 4.92. The lowest BCUT2D eigenvalue weighted by atomic mass is 10.0. The fourth-order valence-electron chi connectivity index (χ4n) is 1.60. The highest BCUT2D eigenvalue weighted by atomic mass is 15.2. The van der Waals surface area contributed by atoms with Crippen LogP contribution in [0.5, 0.6) is 0 Å². The van der Waals surface area contributed by atoms with Gasteiger partial charge in [-0.2, -0.15) is 5.10 Å². The minimum atomic E-state index is 0.517. The fourth-order valence-corrected chi connectivity index (χ4v) is 1.60. The quantitative estimate of drug-likeness (QED) is 0.794. The third-order valence-electron chi connectivity index (χ3n) is 2.48. The van der Waals surface area contributed by atoms with Crippen molar-refractivity contribution in [3.05, 3.63) is 36.2 Å². The van der Waals surface area contributed by atoms with E-state index >= 15 is 0 Å². The number of pyridine rings is 1. The Morgan fingerprint density at radius 2 is 2.36 bits per heavy atom. The third-order valence-corrected chi connectivity index (χ3v) is 2.48. The number of nitrogens with two attached hydrogens (primary N) is 1. The first-order chi connectivity index (χ1) is 6.81. The van der Waals surface area contributed by atoms with E-state index in [1.165, 1.54) is 11.1 Å². The molecule has 2 aromatic rings. The van der Waals surface area contributed by atoms with Crippen molar-refractivity contribution in [3.63, 3.8) is 0 Å². The second-order valence-corrected chi connectivity index (χ2v) is 3.75. The van der Waals surface area contributed by atoms with Gasteiger partial charge in [0.1, 0.15) is 0 Å². The van der Waals surface area contributed by atoms with E-state index in [1.54, 1.807) is 0 Å². The fraction of sp³-hybridized carbons (Fsp3) is 0.364. The van der Waals surface area contributed by atoms with Gasteiger partial charge in [-0.3, -0.25) is 0 Å². The first kappa shape index (κ1) is 9.21. The molecule has 0 aliphatic carbocycles. The summed E-state index contributed by atoms with van der Waals surface area (Å²) in [5, 5.41) is 4.28. The summed E-state index contributed by atoms with van der Waals surface area (Å²) >= 11 is 0. The van der Waals surface area contributed by atoms with Crippen molar-refractivity contribution in [2.75, 3.05) is 6.54 Å². The Balaban J connectivity index is 2.33. The summed E-state index contributed by atoms with van der Waals surface area (Å²) in [5.41, 5.74) is 8.07. The summed E-state index contributed by atoms with van der Waals surface area (Å²) < 4.78 is 1.90. The summed E-state index contributed by atoms with van der Waals surface area (Å²) in [7, 11) is 0. The lowest BCUT2D eigenvalue weighted by molar-refractivity contribution is 0.595. The number of rotatable bonds is 3. The van der Waals surface area contributed by atoms with Crippen LogP contribution in [0.2, 0.25) is 0 Å². The molecule has 0 aliphatic rings. The van der Waals surface area contributed by atoms with Crippen LogP contribution in [0.4, 0.5) is 0 Å². The topological polar surface area (TPSA) is 43.3 Å². The molecule has 2 aromatic heterocycles. The summed E-state index contributed by atoms with van der Waals surface area (Å²) in [4.78, 5) is 0. The van der Waals surface area contributed by atoms with Crippen LogP contribution in [0.3, 0.4) is 0 Å². The van der Waals surface area contributed by atoms with Crippen molar-refractivity contribution in [2.24, 2.45) is 11.7 Å². The normalized spacial score (nSPS) is 13.3. The molecule has 74 valence electrons. The zero-order valence-electron chi connectivity index (χ0n) is 8.35. The molecule has 3 heteroatoms. The minimum Gasteiger partial charge on any atom is -0.330 e. The van der Waals surface area contributed by atoms with Crippen LogP contribution < -0.4 is 5.73 Å². The number of hydrogen-bond donors (Lipinski definition) is 1. The average molecular weight is 189 g/mol. The molecule has 0 amide bonds. The molecule has 1 atom stereocenters. The summed E-state index contributed by atoms with van der Waals surface area (Å²) in [5.74, 6) is 0.517. The zero-order chi connectivity index (χ0) is 9.97. The maximum atomic E-state index is 5.61. The molecule has 0 aliphatic heterocycles. The minimum absolute atomic E-state index is 0.517. The second-order valence-electron chi connectivity index (χ2n) is 3.75. The predicted molar refractivity (Wildman–Crippen MR) is 57.1 cm³/mol. The monoisotopic (exact) mass is 189 g/mol. The molecule has 1 unspecified atom stereocenters. The number of fused-ring (bicyclic) bond motifs is 1. The lowest BCUT2D eigenvalue weighted by Crippen LogP contribution is -2.12. The standard InChI is InChI=1S/C11H15N3/c1-9(7-12)6-10-8-13-14-5-3-2-4-11(10)14/h2-5,8-9H,6-7,12H2,1H3. The average Bonchev–Trinajstić information content (AvgIpc) is 2.62. The van der Waals surface area contributed by atoms with Crippen molar-refractivity contribution >= 4 is 5.52 Å². The summed E-state index contributed by atoms with van der Waals surface area (Å²) in [6.45, 7) is 2.89. The Morgan fingerprint density at radius 3 is 3.14 bits per heavy atom. The van der Waals surface area contributed by atoms with E-state index in [9.17, 15) is 0 Å². The molecule has 2 rings (SSSR count). The van der Waals surface area contributed by atoms with Gasteiger partial charge in [0.05, 0.1) is 11.7 Å². The Bertz CT molecular complexity index is 419. The zero-order valence-corrected chi connectivity index (χ0v) is 8.35. The van der Waals surface area contributed by atoms with Crippen molar-refractivity contribution in [1.29, 1.82) is 0 Å². The molecule has 0 aromatic carbocycles. The predicted octanol–water partition coefficient (Wildman–Crippen LogP) is 1.47. The van der Waals surface area contributed by atoms with Gasteiger partial charge in [0.2, 0.25) is 0 Å². The molecule has 14 heavy (non-hydrogen) atoms. The molecule has 0 saturated carbocycles. The lowest BCUT2D eigenvalue weighted by Gasteiger charge is -2.05. The van der Waals surface area contributed by atoms with Crippen molar-refractivity contribution in [2.45, 2.75) is 13.3 Å². The van der Waals surface area contributed by atoms with Gasteiger partial charge in [0.15, 0.2) is 0 Å². The molecule has 0 fully saturated rings.